The third-order valence-corrected chi connectivity index (χ3v) is 2.68. The van der Waals surface area contributed by atoms with Crippen LogP contribution in [0.1, 0.15) is 5.69 Å². The molecule has 0 aliphatic heterocycles. The van der Waals surface area contributed by atoms with E-state index < -0.39 is 0 Å². The Bertz CT molecular complexity index is 518. The van der Waals surface area contributed by atoms with Crippen molar-refractivity contribution in [1.29, 1.82) is 0 Å². The molecule has 7 heteroatoms. The monoisotopic (exact) mass is 263 g/mol. The summed E-state index contributed by atoms with van der Waals surface area (Å²) in [5.41, 5.74) is 1.14. The normalized spacial score (nSPS) is 10.3. The van der Waals surface area contributed by atoms with Crippen LogP contribution in [0.5, 0.6) is 11.8 Å². The molecule has 0 aliphatic rings. The topological polar surface area (TPSA) is 74.1 Å². The first-order valence-corrected chi connectivity index (χ1v) is 5.90. The number of hydrogen-bond acceptors (Lipinski definition) is 6. The number of nitrogens with zero attached hydrogens (tertiary/aromatic N) is 4. The molecular weight excluding hydrogens is 246 g/mol. The van der Waals surface area contributed by atoms with Crippen LogP contribution in [-0.4, -0.2) is 40.5 Å². The molecule has 0 aliphatic carbocycles. The average molecular weight is 263 g/mol. The standard InChI is InChI=1S/C12H17N5O2/c1-17-9(5-7-14-17)4-6-13-12-15-10(18-2)8-11(16-12)19-3/h5,7-8H,4,6H2,1-3H3,(H,13,15,16). The minimum absolute atomic E-state index is 0.467. The van der Waals surface area contributed by atoms with E-state index in [0.29, 0.717) is 24.3 Å². The van der Waals surface area contributed by atoms with Gasteiger partial charge in [-0.3, -0.25) is 4.68 Å². The van der Waals surface area contributed by atoms with Crippen molar-refractivity contribution >= 4 is 5.95 Å². The molecule has 0 radical (unpaired) electrons. The summed E-state index contributed by atoms with van der Waals surface area (Å²) >= 11 is 0. The second-order valence-electron chi connectivity index (χ2n) is 3.90. The van der Waals surface area contributed by atoms with Gasteiger partial charge in [-0.1, -0.05) is 0 Å². The minimum atomic E-state index is 0.467. The van der Waals surface area contributed by atoms with E-state index >= 15 is 0 Å². The van der Waals surface area contributed by atoms with E-state index in [1.165, 1.54) is 0 Å². The molecule has 0 unspecified atom stereocenters. The zero-order chi connectivity index (χ0) is 13.7. The number of rotatable bonds is 6. The lowest BCUT2D eigenvalue weighted by Gasteiger charge is -2.08. The maximum absolute atomic E-state index is 5.08. The van der Waals surface area contributed by atoms with E-state index in [9.17, 15) is 0 Å². The average Bonchev–Trinajstić information content (AvgIpc) is 2.84. The van der Waals surface area contributed by atoms with Gasteiger partial charge in [0.25, 0.3) is 0 Å². The van der Waals surface area contributed by atoms with Gasteiger partial charge < -0.3 is 14.8 Å². The zero-order valence-corrected chi connectivity index (χ0v) is 11.3. The Morgan fingerprint density at radius 2 is 1.89 bits per heavy atom. The predicted molar refractivity (Wildman–Crippen MR) is 70.5 cm³/mol. The molecule has 2 rings (SSSR count). The Labute approximate surface area is 111 Å². The lowest BCUT2D eigenvalue weighted by molar-refractivity contribution is 0.373. The smallest absolute Gasteiger partial charge is 0.229 e. The fourth-order valence-electron chi connectivity index (χ4n) is 1.64. The summed E-state index contributed by atoms with van der Waals surface area (Å²) in [6, 6.07) is 3.61. The summed E-state index contributed by atoms with van der Waals surface area (Å²) in [6.07, 6.45) is 2.61. The molecule has 0 saturated carbocycles. The Kier molecular flexibility index (Phi) is 4.17. The SMILES string of the molecule is COc1cc(OC)nc(NCCc2ccnn2C)n1. The van der Waals surface area contributed by atoms with Crippen LogP contribution < -0.4 is 14.8 Å². The maximum Gasteiger partial charge on any atom is 0.229 e. The molecule has 2 aromatic rings. The fourth-order valence-corrected chi connectivity index (χ4v) is 1.64. The molecule has 7 nitrogen and oxygen atoms in total. The fraction of sp³-hybridized carbons (Fsp3) is 0.417. The number of nitrogens with one attached hydrogen (secondary N) is 1. The third kappa shape index (κ3) is 3.34. The molecule has 0 fully saturated rings. The number of aryl methyl sites for hydroxylation is 1. The highest BCUT2D eigenvalue weighted by Crippen LogP contribution is 2.17. The molecule has 0 aromatic carbocycles. The van der Waals surface area contributed by atoms with Crippen LogP contribution in [0.4, 0.5) is 5.95 Å². The first kappa shape index (κ1) is 13.1. The van der Waals surface area contributed by atoms with Gasteiger partial charge in [-0.05, 0) is 6.07 Å². The van der Waals surface area contributed by atoms with Crippen molar-refractivity contribution in [3.8, 4) is 11.8 Å². The van der Waals surface area contributed by atoms with Crippen LogP contribution >= 0.6 is 0 Å². The van der Waals surface area contributed by atoms with Crippen LogP contribution in [0.15, 0.2) is 18.3 Å². The lowest BCUT2D eigenvalue weighted by atomic mass is 10.3. The molecule has 102 valence electrons. The van der Waals surface area contributed by atoms with Gasteiger partial charge in [0.2, 0.25) is 17.7 Å². The van der Waals surface area contributed by atoms with Gasteiger partial charge in [-0.15, -0.1) is 0 Å². The number of methoxy groups -OCH3 is 2. The Hall–Kier alpha value is -2.31. The molecule has 2 aromatic heterocycles. The second kappa shape index (κ2) is 6.03. The van der Waals surface area contributed by atoms with Crippen LogP contribution in [0, 0.1) is 0 Å². The predicted octanol–water partition coefficient (Wildman–Crippen LogP) is 0.882. The van der Waals surface area contributed by atoms with Crippen molar-refractivity contribution in [3.63, 3.8) is 0 Å². The molecule has 0 saturated heterocycles. The van der Waals surface area contributed by atoms with Gasteiger partial charge >= 0.3 is 0 Å². The molecule has 2 heterocycles. The number of aromatic nitrogens is 4. The molecule has 0 amide bonds. The summed E-state index contributed by atoms with van der Waals surface area (Å²) in [6.45, 7) is 0.704. The Morgan fingerprint density at radius 1 is 1.21 bits per heavy atom. The van der Waals surface area contributed by atoms with Crippen molar-refractivity contribution in [1.82, 2.24) is 19.7 Å². The highest BCUT2D eigenvalue weighted by atomic mass is 16.5. The van der Waals surface area contributed by atoms with E-state index in [2.05, 4.69) is 20.4 Å². The van der Waals surface area contributed by atoms with Gasteiger partial charge in [-0.25, -0.2) is 0 Å². The van der Waals surface area contributed by atoms with Gasteiger partial charge in [0.05, 0.1) is 20.3 Å². The van der Waals surface area contributed by atoms with Gasteiger partial charge in [-0.2, -0.15) is 15.1 Å². The summed E-state index contributed by atoms with van der Waals surface area (Å²) in [7, 11) is 5.03. The molecule has 19 heavy (non-hydrogen) atoms. The first-order valence-electron chi connectivity index (χ1n) is 5.90. The van der Waals surface area contributed by atoms with Gasteiger partial charge in [0, 0.05) is 31.9 Å². The van der Waals surface area contributed by atoms with Crippen molar-refractivity contribution in [2.75, 3.05) is 26.1 Å². The van der Waals surface area contributed by atoms with Crippen molar-refractivity contribution in [3.05, 3.63) is 24.0 Å². The van der Waals surface area contributed by atoms with E-state index in [1.807, 2.05) is 17.8 Å². The quantitative estimate of drug-likeness (QED) is 0.834. The lowest BCUT2D eigenvalue weighted by Crippen LogP contribution is -2.11. The van der Waals surface area contributed by atoms with Crippen molar-refractivity contribution < 1.29 is 9.47 Å². The Balaban J connectivity index is 1.97. The molecule has 0 spiro atoms. The highest BCUT2D eigenvalue weighted by Gasteiger charge is 2.05. The molecule has 0 bridgehead atoms. The molecular formula is C12H17N5O2. The number of anilines is 1. The number of ether oxygens (including phenoxy) is 2. The summed E-state index contributed by atoms with van der Waals surface area (Å²) in [5.74, 6) is 1.42. The summed E-state index contributed by atoms with van der Waals surface area (Å²) in [5, 5.41) is 7.25. The van der Waals surface area contributed by atoms with Crippen LogP contribution in [0.2, 0.25) is 0 Å². The van der Waals surface area contributed by atoms with E-state index in [4.69, 9.17) is 9.47 Å². The van der Waals surface area contributed by atoms with Gasteiger partial charge in [0.1, 0.15) is 0 Å². The van der Waals surface area contributed by atoms with E-state index in [0.717, 1.165) is 12.1 Å². The first-order chi connectivity index (χ1) is 9.22. The summed E-state index contributed by atoms with van der Waals surface area (Å²) in [4.78, 5) is 8.39. The van der Waals surface area contributed by atoms with Crippen molar-refractivity contribution in [2.24, 2.45) is 7.05 Å². The Morgan fingerprint density at radius 3 is 2.42 bits per heavy atom. The van der Waals surface area contributed by atoms with Gasteiger partial charge in [0.15, 0.2) is 0 Å². The zero-order valence-electron chi connectivity index (χ0n) is 11.3. The molecule has 0 atom stereocenters. The van der Waals surface area contributed by atoms with Crippen LogP contribution in [0.25, 0.3) is 0 Å². The third-order valence-electron chi connectivity index (χ3n) is 2.68. The highest BCUT2D eigenvalue weighted by molar-refractivity contribution is 5.33. The second-order valence-corrected chi connectivity index (χ2v) is 3.90. The van der Waals surface area contributed by atoms with Crippen molar-refractivity contribution in [2.45, 2.75) is 6.42 Å². The van der Waals surface area contributed by atoms with E-state index in [-0.39, 0.29) is 0 Å². The van der Waals surface area contributed by atoms with Crippen LogP contribution in [0.3, 0.4) is 0 Å². The van der Waals surface area contributed by atoms with Crippen LogP contribution in [-0.2, 0) is 13.5 Å². The van der Waals surface area contributed by atoms with E-state index in [1.54, 1.807) is 26.5 Å². The number of hydrogen-bond donors (Lipinski definition) is 1. The largest absolute Gasteiger partial charge is 0.481 e. The maximum atomic E-state index is 5.08. The minimum Gasteiger partial charge on any atom is -0.481 e. The molecule has 1 N–H and O–H groups in total. The summed E-state index contributed by atoms with van der Waals surface area (Å²) < 4.78 is 12.0.